The molecule has 0 fully saturated rings. The van der Waals surface area contributed by atoms with E-state index in [2.05, 4.69) is 16.4 Å². The molecule has 0 unspecified atom stereocenters. The lowest BCUT2D eigenvalue weighted by Crippen LogP contribution is -2.29. The molecule has 1 aromatic heterocycles. The van der Waals surface area contributed by atoms with E-state index in [4.69, 9.17) is 0 Å². The Kier molecular flexibility index (Phi) is 2.65. The minimum Gasteiger partial charge on any atom is -0.389 e. The summed E-state index contributed by atoms with van der Waals surface area (Å²) in [4.78, 5) is 4.00. The third kappa shape index (κ3) is 3.34. The Morgan fingerprint density at radius 1 is 1.67 bits per heavy atom. The minimum atomic E-state index is -0.707. The van der Waals surface area contributed by atoms with Crippen molar-refractivity contribution in [3.8, 4) is 0 Å². The lowest BCUT2D eigenvalue weighted by molar-refractivity contribution is 0.0944. The highest BCUT2D eigenvalue weighted by Crippen LogP contribution is 2.04. The average molecular weight is 165 g/mol. The Hall–Kier alpha value is -1.09. The number of hydrogen-bond acceptors (Lipinski definition) is 3. The molecule has 0 aromatic carbocycles. The SMILES string of the molecule is CC(C)(O)CNc1cc[c]cn1. The summed E-state index contributed by atoms with van der Waals surface area (Å²) in [5.41, 5.74) is -0.707. The first-order valence-corrected chi connectivity index (χ1v) is 3.86. The largest absolute Gasteiger partial charge is 0.389 e. The first kappa shape index (κ1) is 9.00. The summed E-state index contributed by atoms with van der Waals surface area (Å²) in [7, 11) is 0. The van der Waals surface area contributed by atoms with Crippen LogP contribution in [0.3, 0.4) is 0 Å². The quantitative estimate of drug-likeness (QED) is 0.704. The van der Waals surface area contributed by atoms with Crippen LogP contribution in [-0.4, -0.2) is 22.2 Å². The van der Waals surface area contributed by atoms with Gasteiger partial charge in [-0.1, -0.05) is 0 Å². The number of aromatic nitrogens is 1. The van der Waals surface area contributed by atoms with Gasteiger partial charge in [0.15, 0.2) is 0 Å². The highest BCUT2D eigenvalue weighted by atomic mass is 16.3. The van der Waals surface area contributed by atoms with Gasteiger partial charge in [-0.05, 0) is 26.0 Å². The van der Waals surface area contributed by atoms with E-state index in [-0.39, 0.29) is 0 Å². The second-order valence-corrected chi connectivity index (χ2v) is 3.31. The molecule has 3 nitrogen and oxygen atoms in total. The van der Waals surface area contributed by atoms with Crippen molar-refractivity contribution in [2.75, 3.05) is 11.9 Å². The van der Waals surface area contributed by atoms with Crippen molar-refractivity contribution in [3.63, 3.8) is 0 Å². The van der Waals surface area contributed by atoms with Crippen LogP contribution in [0.5, 0.6) is 0 Å². The molecule has 2 N–H and O–H groups in total. The van der Waals surface area contributed by atoms with Gasteiger partial charge < -0.3 is 10.4 Å². The average Bonchev–Trinajstić information content (AvgIpc) is 2.02. The van der Waals surface area contributed by atoms with E-state index in [9.17, 15) is 5.11 Å². The summed E-state index contributed by atoms with van der Waals surface area (Å²) in [5.74, 6) is 0.760. The maximum Gasteiger partial charge on any atom is 0.126 e. The fourth-order valence-electron chi connectivity index (χ4n) is 0.731. The van der Waals surface area contributed by atoms with Crippen LogP contribution in [0.2, 0.25) is 0 Å². The summed E-state index contributed by atoms with van der Waals surface area (Å²) in [6.07, 6.45) is 1.59. The van der Waals surface area contributed by atoms with Gasteiger partial charge in [-0.2, -0.15) is 0 Å². The zero-order chi connectivity index (χ0) is 9.03. The van der Waals surface area contributed by atoms with Gasteiger partial charge >= 0.3 is 0 Å². The fourth-order valence-corrected chi connectivity index (χ4v) is 0.731. The molecule has 0 spiro atoms. The zero-order valence-electron chi connectivity index (χ0n) is 7.33. The molecule has 1 heterocycles. The molecule has 3 heteroatoms. The Morgan fingerprint density at radius 2 is 2.42 bits per heavy atom. The Labute approximate surface area is 72.5 Å². The number of hydrogen-bond donors (Lipinski definition) is 2. The van der Waals surface area contributed by atoms with Crippen molar-refractivity contribution in [1.29, 1.82) is 0 Å². The zero-order valence-corrected chi connectivity index (χ0v) is 7.33. The van der Waals surface area contributed by atoms with Crippen molar-refractivity contribution >= 4 is 5.82 Å². The van der Waals surface area contributed by atoms with E-state index in [1.807, 2.05) is 6.07 Å². The van der Waals surface area contributed by atoms with Crippen LogP contribution in [0, 0.1) is 6.07 Å². The number of nitrogens with zero attached hydrogens (tertiary/aromatic N) is 1. The minimum absolute atomic E-state index is 0.490. The maximum absolute atomic E-state index is 9.38. The molecule has 0 saturated heterocycles. The number of rotatable bonds is 3. The normalized spacial score (nSPS) is 11.2. The van der Waals surface area contributed by atoms with Gasteiger partial charge in [0.2, 0.25) is 0 Å². The number of anilines is 1. The molecular weight excluding hydrogens is 152 g/mol. The van der Waals surface area contributed by atoms with Crippen molar-refractivity contribution in [1.82, 2.24) is 4.98 Å². The Balaban J connectivity index is 2.44. The van der Waals surface area contributed by atoms with Gasteiger partial charge in [-0.25, -0.2) is 4.98 Å². The van der Waals surface area contributed by atoms with E-state index in [0.717, 1.165) is 5.82 Å². The maximum atomic E-state index is 9.38. The molecular formula is C9H13N2O. The molecule has 1 rings (SSSR count). The Bertz CT molecular complexity index is 228. The summed E-state index contributed by atoms with van der Waals surface area (Å²) in [6.45, 7) is 3.98. The molecule has 0 amide bonds. The van der Waals surface area contributed by atoms with Gasteiger partial charge in [0.05, 0.1) is 5.60 Å². The monoisotopic (exact) mass is 165 g/mol. The molecule has 0 aliphatic rings. The van der Waals surface area contributed by atoms with Crippen LogP contribution in [0.15, 0.2) is 18.3 Å². The van der Waals surface area contributed by atoms with E-state index in [1.54, 1.807) is 26.1 Å². The summed E-state index contributed by atoms with van der Waals surface area (Å²) >= 11 is 0. The smallest absolute Gasteiger partial charge is 0.126 e. The van der Waals surface area contributed by atoms with Crippen LogP contribution < -0.4 is 5.32 Å². The van der Waals surface area contributed by atoms with Crippen molar-refractivity contribution < 1.29 is 5.11 Å². The lowest BCUT2D eigenvalue weighted by Gasteiger charge is -2.17. The van der Waals surface area contributed by atoms with Crippen LogP contribution in [0.1, 0.15) is 13.8 Å². The van der Waals surface area contributed by atoms with E-state index >= 15 is 0 Å². The third-order valence-electron chi connectivity index (χ3n) is 1.32. The molecule has 0 bridgehead atoms. The fraction of sp³-hybridized carbons (Fsp3) is 0.444. The van der Waals surface area contributed by atoms with Gasteiger partial charge in [0, 0.05) is 18.8 Å². The summed E-state index contributed by atoms with van der Waals surface area (Å²) in [6, 6.07) is 6.41. The van der Waals surface area contributed by atoms with Crippen LogP contribution >= 0.6 is 0 Å². The highest BCUT2D eigenvalue weighted by molar-refractivity contribution is 5.33. The van der Waals surface area contributed by atoms with Gasteiger partial charge in [0.1, 0.15) is 5.82 Å². The number of nitrogens with one attached hydrogen (secondary N) is 1. The summed E-state index contributed by atoms with van der Waals surface area (Å²) in [5, 5.41) is 12.4. The molecule has 0 saturated carbocycles. The highest BCUT2D eigenvalue weighted by Gasteiger charge is 2.11. The van der Waals surface area contributed by atoms with Crippen molar-refractivity contribution in [2.24, 2.45) is 0 Å². The number of aliphatic hydroxyl groups is 1. The molecule has 0 atom stereocenters. The van der Waals surface area contributed by atoms with Gasteiger partial charge in [-0.15, -0.1) is 0 Å². The predicted molar refractivity (Wildman–Crippen MR) is 47.9 cm³/mol. The molecule has 1 radical (unpaired) electrons. The topological polar surface area (TPSA) is 45.1 Å². The van der Waals surface area contributed by atoms with Gasteiger partial charge in [0.25, 0.3) is 0 Å². The van der Waals surface area contributed by atoms with E-state index < -0.39 is 5.60 Å². The molecule has 65 valence electrons. The number of pyridine rings is 1. The van der Waals surface area contributed by atoms with Crippen LogP contribution in [0.25, 0.3) is 0 Å². The standard InChI is InChI=1S/C9H13N2O/c1-9(2,12)7-11-8-5-3-4-6-10-8/h3,5-6,12H,7H2,1-2H3,(H,10,11). The van der Waals surface area contributed by atoms with Gasteiger partial charge in [-0.3, -0.25) is 0 Å². The lowest BCUT2D eigenvalue weighted by atomic mass is 10.1. The van der Waals surface area contributed by atoms with E-state index in [0.29, 0.717) is 6.54 Å². The third-order valence-corrected chi connectivity index (χ3v) is 1.32. The predicted octanol–water partition coefficient (Wildman–Crippen LogP) is 1.06. The Morgan fingerprint density at radius 3 is 2.92 bits per heavy atom. The first-order valence-electron chi connectivity index (χ1n) is 3.86. The second-order valence-electron chi connectivity index (χ2n) is 3.31. The summed E-state index contributed by atoms with van der Waals surface area (Å²) < 4.78 is 0. The van der Waals surface area contributed by atoms with Crippen molar-refractivity contribution in [3.05, 3.63) is 24.4 Å². The first-order chi connectivity index (χ1) is 5.58. The molecule has 12 heavy (non-hydrogen) atoms. The van der Waals surface area contributed by atoms with Crippen molar-refractivity contribution in [2.45, 2.75) is 19.4 Å². The van der Waals surface area contributed by atoms with Crippen LogP contribution in [0.4, 0.5) is 5.82 Å². The van der Waals surface area contributed by atoms with Crippen LogP contribution in [-0.2, 0) is 0 Å². The van der Waals surface area contributed by atoms with E-state index in [1.165, 1.54) is 0 Å². The second kappa shape index (κ2) is 3.54. The molecule has 1 aromatic rings. The molecule has 0 aliphatic carbocycles. The molecule has 0 aliphatic heterocycles.